The maximum atomic E-state index is 11.9. The molecule has 1 atom stereocenters. The van der Waals surface area contributed by atoms with Crippen molar-refractivity contribution >= 4 is 5.91 Å². The van der Waals surface area contributed by atoms with Gasteiger partial charge in [0.1, 0.15) is 0 Å². The van der Waals surface area contributed by atoms with E-state index in [0.29, 0.717) is 25.8 Å². The summed E-state index contributed by atoms with van der Waals surface area (Å²) in [6.45, 7) is 4.38. The SMILES string of the molecule is CCCNC(C)(CCCCOCCC(F)(F)F)C(N)=O. The van der Waals surface area contributed by atoms with Crippen LogP contribution < -0.4 is 11.1 Å². The maximum absolute atomic E-state index is 11.9. The van der Waals surface area contributed by atoms with E-state index in [4.69, 9.17) is 10.5 Å². The summed E-state index contributed by atoms with van der Waals surface area (Å²) in [5, 5.41) is 3.10. The summed E-state index contributed by atoms with van der Waals surface area (Å²) in [6, 6.07) is 0. The Balaban J connectivity index is 3.77. The van der Waals surface area contributed by atoms with E-state index in [1.807, 2.05) is 6.92 Å². The molecule has 0 bridgehead atoms. The predicted octanol–water partition coefficient (Wildman–Crippen LogP) is 2.37. The molecular formula is C13H25F3N2O2. The van der Waals surface area contributed by atoms with Crippen LogP contribution in [0.15, 0.2) is 0 Å². The highest BCUT2D eigenvalue weighted by atomic mass is 19.4. The topological polar surface area (TPSA) is 64.3 Å². The summed E-state index contributed by atoms with van der Waals surface area (Å²) in [5.74, 6) is -0.413. The van der Waals surface area contributed by atoms with E-state index < -0.39 is 24.0 Å². The number of amides is 1. The van der Waals surface area contributed by atoms with Crippen LogP contribution in [0.4, 0.5) is 13.2 Å². The molecule has 0 aromatic carbocycles. The summed E-state index contributed by atoms with van der Waals surface area (Å²) in [4.78, 5) is 11.4. The number of halogens is 3. The van der Waals surface area contributed by atoms with E-state index >= 15 is 0 Å². The van der Waals surface area contributed by atoms with Gasteiger partial charge in [-0.15, -0.1) is 0 Å². The zero-order valence-corrected chi connectivity index (χ0v) is 12.2. The highest BCUT2D eigenvalue weighted by molar-refractivity contribution is 5.84. The molecule has 20 heavy (non-hydrogen) atoms. The quantitative estimate of drug-likeness (QED) is 0.576. The van der Waals surface area contributed by atoms with Crippen molar-refractivity contribution in [1.29, 1.82) is 0 Å². The van der Waals surface area contributed by atoms with E-state index in [2.05, 4.69) is 5.32 Å². The van der Waals surface area contributed by atoms with Gasteiger partial charge in [-0.3, -0.25) is 4.79 Å². The standard InChI is InChI=1S/C13H25F3N2O2/c1-3-8-18-12(2,11(17)19)6-4-5-9-20-10-7-13(14,15)16/h18H,3-10H2,1-2H3,(H2,17,19). The van der Waals surface area contributed by atoms with Crippen LogP contribution in [0.2, 0.25) is 0 Å². The first-order chi connectivity index (χ1) is 9.21. The minimum Gasteiger partial charge on any atom is -0.381 e. The van der Waals surface area contributed by atoms with Gasteiger partial charge >= 0.3 is 6.18 Å². The van der Waals surface area contributed by atoms with E-state index in [1.54, 1.807) is 6.92 Å². The van der Waals surface area contributed by atoms with Crippen molar-refractivity contribution in [3.05, 3.63) is 0 Å². The largest absolute Gasteiger partial charge is 0.391 e. The third kappa shape index (κ3) is 9.14. The number of carbonyl (C=O) groups excluding carboxylic acids is 1. The van der Waals surface area contributed by atoms with Crippen LogP contribution in [0.3, 0.4) is 0 Å². The molecule has 0 heterocycles. The zero-order chi connectivity index (χ0) is 15.6. The Kier molecular flexibility index (Phi) is 8.80. The molecular weight excluding hydrogens is 273 g/mol. The molecule has 0 aliphatic rings. The minimum absolute atomic E-state index is 0.263. The van der Waals surface area contributed by atoms with Gasteiger partial charge in [-0.1, -0.05) is 6.92 Å². The normalized spacial score (nSPS) is 15.1. The van der Waals surface area contributed by atoms with Crippen LogP contribution in [-0.4, -0.2) is 37.4 Å². The first-order valence-electron chi connectivity index (χ1n) is 6.90. The number of carbonyl (C=O) groups is 1. The van der Waals surface area contributed by atoms with Crippen molar-refractivity contribution in [2.75, 3.05) is 19.8 Å². The summed E-state index contributed by atoms with van der Waals surface area (Å²) in [6.07, 6.45) is -2.39. The Labute approximate surface area is 118 Å². The molecule has 0 saturated heterocycles. The Bertz CT molecular complexity index is 285. The van der Waals surface area contributed by atoms with Gasteiger partial charge in [-0.25, -0.2) is 0 Å². The Morgan fingerprint density at radius 1 is 1.20 bits per heavy atom. The monoisotopic (exact) mass is 298 g/mol. The van der Waals surface area contributed by atoms with Gasteiger partial charge in [0.05, 0.1) is 18.6 Å². The number of nitrogens with two attached hydrogens (primary N) is 1. The Hall–Kier alpha value is -0.820. The van der Waals surface area contributed by atoms with Crippen molar-refractivity contribution in [3.8, 4) is 0 Å². The lowest BCUT2D eigenvalue weighted by Crippen LogP contribution is -2.53. The number of rotatable bonds is 11. The summed E-state index contributed by atoms with van der Waals surface area (Å²) in [7, 11) is 0. The molecule has 0 fully saturated rings. The van der Waals surface area contributed by atoms with E-state index in [1.165, 1.54) is 0 Å². The molecule has 120 valence electrons. The zero-order valence-electron chi connectivity index (χ0n) is 12.2. The highest BCUT2D eigenvalue weighted by Crippen LogP contribution is 2.19. The van der Waals surface area contributed by atoms with E-state index in [9.17, 15) is 18.0 Å². The van der Waals surface area contributed by atoms with Crippen molar-refractivity contribution in [1.82, 2.24) is 5.32 Å². The van der Waals surface area contributed by atoms with Crippen LogP contribution in [0.1, 0.15) is 46.0 Å². The van der Waals surface area contributed by atoms with Gasteiger partial charge in [0.25, 0.3) is 0 Å². The molecule has 1 amide bonds. The van der Waals surface area contributed by atoms with Gasteiger partial charge in [-0.2, -0.15) is 13.2 Å². The molecule has 0 aromatic heterocycles. The molecule has 0 aliphatic heterocycles. The fourth-order valence-corrected chi connectivity index (χ4v) is 1.67. The van der Waals surface area contributed by atoms with Gasteiger partial charge in [0.2, 0.25) is 5.91 Å². The number of alkyl halides is 3. The minimum atomic E-state index is -4.17. The molecule has 3 N–H and O–H groups in total. The molecule has 7 heteroatoms. The molecule has 0 aliphatic carbocycles. The first kappa shape index (κ1) is 19.2. The average molecular weight is 298 g/mol. The lowest BCUT2D eigenvalue weighted by atomic mass is 9.94. The molecule has 0 aromatic rings. The lowest BCUT2D eigenvalue weighted by Gasteiger charge is -2.27. The van der Waals surface area contributed by atoms with Crippen LogP contribution in [0, 0.1) is 0 Å². The number of ether oxygens (including phenoxy) is 1. The molecule has 0 saturated carbocycles. The van der Waals surface area contributed by atoms with Crippen LogP contribution >= 0.6 is 0 Å². The summed E-state index contributed by atoms with van der Waals surface area (Å²) < 4.78 is 40.5. The Morgan fingerprint density at radius 3 is 2.35 bits per heavy atom. The van der Waals surface area contributed by atoms with Crippen LogP contribution in [-0.2, 0) is 9.53 Å². The van der Waals surface area contributed by atoms with Gasteiger partial charge in [-0.05, 0) is 39.2 Å². The van der Waals surface area contributed by atoms with Gasteiger partial charge < -0.3 is 15.8 Å². The van der Waals surface area contributed by atoms with Crippen molar-refractivity contribution in [2.45, 2.75) is 57.7 Å². The fourth-order valence-electron chi connectivity index (χ4n) is 1.67. The van der Waals surface area contributed by atoms with Gasteiger partial charge in [0, 0.05) is 6.61 Å². The molecule has 0 spiro atoms. The number of primary amides is 1. The molecule has 0 radical (unpaired) electrons. The second-order valence-corrected chi connectivity index (χ2v) is 5.06. The number of hydrogen-bond acceptors (Lipinski definition) is 3. The molecule has 1 unspecified atom stereocenters. The first-order valence-corrected chi connectivity index (χ1v) is 6.90. The van der Waals surface area contributed by atoms with Crippen LogP contribution in [0.25, 0.3) is 0 Å². The average Bonchev–Trinajstić information content (AvgIpc) is 2.33. The van der Waals surface area contributed by atoms with Crippen molar-refractivity contribution in [2.24, 2.45) is 5.73 Å². The predicted molar refractivity (Wildman–Crippen MR) is 71.2 cm³/mol. The van der Waals surface area contributed by atoms with Gasteiger partial charge in [0.15, 0.2) is 0 Å². The fraction of sp³-hybridized carbons (Fsp3) is 0.923. The number of hydrogen-bond donors (Lipinski definition) is 2. The lowest BCUT2D eigenvalue weighted by molar-refractivity contribution is -0.145. The summed E-state index contributed by atoms with van der Waals surface area (Å²) in [5.41, 5.74) is 4.60. The third-order valence-corrected chi connectivity index (χ3v) is 3.05. The number of unbranched alkanes of at least 4 members (excludes halogenated alkanes) is 1. The van der Waals surface area contributed by atoms with Crippen molar-refractivity contribution < 1.29 is 22.7 Å². The maximum Gasteiger partial charge on any atom is 0.391 e. The third-order valence-electron chi connectivity index (χ3n) is 3.05. The number of nitrogens with one attached hydrogen (secondary N) is 1. The van der Waals surface area contributed by atoms with E-state index in [0.717, 1.165) is 6.42 Å². The Morgan fingerprint density at radius 2 is 1.85 bits per heavy atom. The second kappa shape index (κ2) is 9.18. The second-order valence-electron chi connectivity index (χ2n) is 5.06. The molecule has 4 nitrogen and oxygen atoms in total. The molecule has 0 rings (SSSR count). The summed E-state index contributed by atoms with van der Waals surface area (Å²) >= 11 is 0. The van der Waals surface area contributed by atoms with E-state index in [-0.39, 0.29) is 13.2 Å². The smallest absolute Gasteiger partial charge is 0.381 e. The van der Waals surface area contributed by atoms with Crippen molar-refractivity contribution in [3.63, 3.8) is 0 Å². The van der Waals surface area contributed by atoms with Crippen LogP contribution in [0.5, 0.6) is 0 Å². The highest BCUT2D eigenvalue weighted by Gasteiger charge is 2.29.